The van der Waals surface area contributed by atoms with Gasteiger partial charge in [-0.2, -0.15) is 0 Å². The summed E-state index contributed by atoms with van der Waals surface area (Å²) in [5.74, 6) is -0.224. The number of hydrogen-bond acceptors (Lipinski definition) is 2. The fourth-order valence-corrected chi connectivity index (χ4v) is 2.94. The minimum absolute atomic E-state index is 0.224. The third-order valence-corrected chi connectivity index (χ3v) is 4.06. The van der Waals surface area contributed by atoms with Crippen LogP contribution in [0.1, 0.15) is 11.1 Å². The second-order valence-electron chi connectivity index (χ2n) is 4.81. The van der Waals surface area contributed by atoms with E-state index in [1.807, 2.05) is 24.3 Å². The lowest BCUT2D eigenvalue weighted by Gasteiger charge is -2.19. The summed E-state index contributed by atoms with van der Waals surface area (Å²) in [7, 11) is 0. The molecular formula is C15H14BrFN2. The fraction of sp³-hybridized carbons (Fsp3) is 0.200. The van der Waals surface area contributed by atoms with Gasteiger partial charge in [0.2, 0.25) is 0 Å². The predicted molar refractivity (Wildman–Crippen MR) is 79.7 cm³/mol. The average molecular weight is 321 g/mol. The van der Waals surface area contributed by atoms with Crippen LogP contribution in [0.3, 0.4) is 0 Å². The number of nitrogens with zero attached hydrogens (tertiary/aromatic N) is 1. The molecular weight excluding hydrogens is 307 g/mol. The number of halogens is 2. The van der Waals surface area contributed by atoms with Crippen LogP contribution in [0.15, 0.2) is 40.9 Å². The highest BCUT2D eigenvalue weighted by Gasteiger charge is 2.19. The number of fused-ring (bicyclic) bond motifs is 1. The molecule has 0 aromatic heterocycles. The number of nitrogen functional groups attached to an aromatic ring is 1. The molecule has 2 aromatic rings. The zero-order chi connectivity index (χ0) is 13.4. The van der Waals surface area contributed by atoms with Crippen LogP contribution in [-0.2, 0) is 13.0 Å². The largest absolute Gasteiger partial charge is 0.399 e. The SMILES string of the molecule is Nc1ccc2c(c1)CCN2Cc1ccc(F)c(Br)c1. The van der Waals surface area contributed by atoms with E-state index in [9.17, 15) is 4.39 Å². The minimum Gasteiger partial charge on any atom is -0.399 e. The highest BCUT2D eigenvalue weighted by Crippen LogP contribution is 2.31. The molecule has 0 saturated carbocycles. The smallest absolute Gasteiger partial charge is 0.137 e. The lowest BCUT2D eigenvalue weighted by molar-refractivity contribution is 0.620. The quantitative estimate of drug-likeness (QED) is 0.854. The van der Waals surface area contributed by atoms with E-state index in [4.69, 9.17) is 5.73 Å². The molecule has 19 heavy (non-hydrogen) atoms. The number of nitrogens with two attached hydrogens (primary N) is 1. The summed E-state index contributed by atoms with van der Waals surface area (Å²) in [5, 5.41) is 0. The molecule has 4 heteroatoms. The number of rotatable bonds is 2. The predicted octanol–water partition coefficient (Wildman–Crippen LogP) is 3.73. The standard InChI is InChI=1S/C15H14BrFN2/c16-13-7-10(1-3-14(13)17)9-19-6-5-11-8-12(18)2-4-15(11)19/h1-4,7-8H,5-6,9,18H2. The highest BCUT2D eigenvalue weighted by molar-refractivity contribution is 9.10. The van der Waals surface area contributed by atoms with Gasteiger partial charge in [-0.3, -0.25) is 0 Å². The second-order valence-corrected chi connectivity index (χ2v) is 5.66. The molecule has 0 fully saturated rings. The van der Waals surface area contributed by atoms with Crippen molar-refractivity contribution in [2.45, 2.75) is 13.0 Å². The van der Waals surface area contributed by atoms with E-state index in [2.05, 4.69) is 26.9 Å². The van der Waals surface area contributed by atoms with E-state index in [0.717, 1.165) is 30.8 Å². The van der Waals surface area contributed by atoms with Crippen LogP contribution in [0.25, 0.3) is 0 Å². The summed E-state index contributed by atoms with van der Waals surface area (Å²) >= 11 is 3.23. The molecule has 1 aliphatic rings. The summed E-state index contributed by atoms with van der Waals surface area (Å²) in [5.41, 5.74) is 10.2. The normalized spacial score (nSPS) is 13.7. The van der Waals surface area contributed by atoms with Gasteiger partial charge >= 0.3 is 0 Å². The zero-order valence-corrected chi connectivity index (χ0v) is 12.0. The monoisotopic (exact) mass is 320 g/mol. The second kappa shape index (κ2) is 4.85. The van der Waals surface area contributed by atoms with Gasteiger partial charge in [-0.25, -0.2) is 4.39 Å². The lowest BCUT2D eigenvalue weighted by atomic mass is 10.1. The zero-order valence-electron chi connectivity index (χ0n) is 10.4. The Morgan fingerprint density at radius 1 is 1.21 bits per heavy atom. The average Bonchev–Trinajstić information content (AvgIpc) is 2.76. The van der Waals surface area contributed by atoms with Crippen molar-refractivity contribution < 1.29 is 4.39 Å². The van der Waals surface area contributed by atoms with Crippen molar-refractivity contribution in [3.63, 3.8) is 0 Å². The van der Waals surface area contributed by atoms with Crippen molar-refractivity contribution >= 4 is 27.3 Å². The van der Waals surface area contributed by atoms with Gasteiger partial charge in [-0.1, -0.05) is 6.07 Å². The van der Waals surface area contributed by atoms with Crippen molar-refractivity contribution in [3.8, 4) is 0 Å². The van der Waals surface area contributed by atoms with E-state index in [-0.39, 0.29) is 5.82 Å². The van der Waals surface area contributed by atoms with E-state index in [0.29, 0.717) is 4.47 Å². The van der Waals surface area contributed by atoms with Gasteiger partial charge in [0.25, 0.3) is 0 Å². The maximum atomic E-state index is 13.2. The van der Waals surface area contributed by atoms with Gasteiger partial charge in [0.1, 0.15) is 5.82 Å². The summed E-state index contributed by atoms with van der Waals surface area (Å²) < 4.78 is 13.7. The Morgan fingerprint density at radius 2 is 2.05 bits per heavy atom. The van der Waals surface area contributed by atoms with Gasteiger partial charge < -0.3 is 10.6 Å². The molecule has 2 aromatic carbocycles. The Balaban J connectivity index is 1.84. The van der Waals surface area contributed by atoms with Crippen molar-refractivity contribution in [1.82, 2.24) is 0 Å². The molecule has 2 N–H and O–H groups in total. The van der Waals surface area contributed by atoms with Gasteiger partial charge in [0, 0.05) is 24.5 Å². The first-order valence-corrected chi connectivity index (χ1v) is 7.00. The van der Waals surface area contributed by atoms with Crippen LogP contribution in [0.2, 0.25) is 0 Å². The summed E-state index contributed by atoms with van der Waals surface area (Å²) in [6.07, 6.45) is 1.02. The number of benzene rings is 2. The van der Waals surface area contributed by atoms with Crippen LogP contribution in [0.5, 0.6) is 0 Å². The third-order valence-electron chi connectivity index (χ3n) is 3.45. The first kappa shape index (κ1) is 12.5. The Kier molecular flexibility index (Phi) is 3.19. The van der Waals surface area contributed by atoms with Crippen LogP contribution in [-0.4, -0.2) is 6.54 Å². The molecule has 98 valence electrons. The molecule has 0 saturated heterocycles. The van der Waals surface area contributed by atoms with Crippen LogP contribution in [0.4, 0.5) is 15.8 Å². The molecule has 0 radical (unpaired) electrons. The van der Waals surface area contributed by atoms with Crippen molar-refractivity contribution in [1.29, 1.82) is 0 Å². The molecule has 0 aliphatic carbocycles. The maximum absolute atomic E-state index is 13.2. The Bertz CT molecular complexity index is 628. The maximum Gasteiger partial charge on any atom is 0.137 e. The minimum atomic E-state index is -0.224. The van der Waals surface area contributed by atoms with Gasteiger partial charge in [0.05, 0.1) is 4.47 Å². The fourth-order valence-electron chi connectivity index (χ4n) is 2.51. The van der Waals surface area contributed by atoms with Gasteiger partial charge in [-0.15, -0.1) is 0 Å². The van der Waals surface area contributed by atoms with Crippen LogP contribution >= 0.6 is 15.9 Å². The molecule has 0 spiro atoms. The van der Waals surface area contributed by atoms with E-state index in [1.165, 1.54) is 17.3 Å². The molecule has 0 atom stereocenters. The van der Waals surface area contributed by atoms with Crippen molar-refractivity contribution in [3.05, 3.63) is 57.8 Å². The molecule has 1 heterocycles. The molecule has 1 aliphatic heterocycles. The first-order chi connectivity index (χ1) is 9.13. The number of hydrogen-bond donors (Lipinski definition) is 1. The van der Waals surface area contributed by atoms with Crippen LogP contribution < -0.4 is 10.6 Å². The Hall–Kier alpha value is -1.55. The first-order valence-electron chi connectivity index (χ1n) is 6.21. The van der Waals surface area contributed by atoms with E-state index < -0.39 is 0 Å². The van der Waals surface area contributed by atoms with Gasteiger partial charge in [-0.05, 0) is 63.8 Å². The molecule has 0 unspecified atom stereocenters. The van der Waals surface area contributed by atoms with Crippen molar-refractivity contribution in [2.24, 2.45) is 0 Å². The van der Waals surface area contributed by atoms with E-state index in [1.54, 1.807) is 0 Å². The molecule has 2 nitrogen and oxygen atoms in total. The third kappa shape index (κ3) is 2.45. The summed E-state index contributed by atoms with van der Waals surface area (Å²) in [6, 6.07) is 11.2. The summed E-state index contributed by atoms with van der Waals surface area (Å²) in [6.45, 7) is 1.77. The Labute approximate surface area is 120 Å². The van der Waals surface area contributed by atoms with Crippen molar-refractivity contribution in [2.75, 3.05) is 17.2 Å². The molecule has 0 bridgehead atoms. The Morgan fingerprint density at radius 3 is 2.84 bits per heavy atom. The topological polar surface area (TPSA) is 29.3 Å². The summed E-state index contributed by atoms with van der Waals surface area (Å²) in [4.78, 5) is 2.30. The van der Waals surface area contributed by atoms with Crippen LogP contribution in [0, 0.1) is 5.82 Å². The van der Waals surface area contributed by atoms with Gasteiger partial charge in [0.15, 0.2) is 0 Å². The molecule has 3 rings (SSSR count). The van der Waals surface area contributed by atoms with E-state index >= 15 is 0 Å². The molecule has 0 amide bonds. The lowest BCUT2D eigenvalue weighted by Crippen LogP contribution is -2.19. The number of anilines is 2. The highest BCUT2D eigenvalue weighted by atomic mass is 79.9.